The zero-order chi connectivity index (χ0) is 17.5. The van der Waals surface area contributed by atoms with Gasteiger partial charge in [0.2, 0.25) is 5.91 Å². The van der Waals surface area contributed by atoms with Gasteiger partial charge in [-0.05, 0) is 30.2 Å². The first-order valence-electron chi connectivity index (χ1n) is 6.69. The fourth-order valence-corrected chi connectivity index (χ4v) is 3.77. The normalized spacial score (nSPS) is 15.6. The molecule has 130 valence electrons. The van der Waals surface area contributed by atoms with E-state index in [-0.39, 0.29) is 13.0 Å². The maximum Gasteiger partial charge on any atom is 0.266 e. The number of hydrogen-bond donors (Lipinski definition) is 4. The van der Waals surface area contributed by atoms with Crippen LogP contribution in [0.15, 0.2) is 35.2 Å². The van der Waals surface area contributed by atoms with Gasteiger partial charge in [-0.15, -0.1) is 0 Å². The molecule has 0 aliphatic heterocycles. The second-order valence-corrected chi connectivity index (χ2v) is 8.82. The van der Waals surface area contributed by atoms with Gasteiger partial charge in [0, 0.05) is 11.4 Å². The second-order valence-electron chi connectivity index (χ2n) is 4.75. The predicted molar refractivity (Wildman–Crippen MR) is 94.8 cm³/mol. The highest BCUT2D eigenvalue weighted by molar-refractivity contribution is 7.98. The monoisotopic (exact) mass is 380 g/mol. The van der Waals surface area contributed by atoms with E-state index in [4.69, 9.17) is 4.55 Å². The Bertz CT molecular complexity index is 717. The number of rotatable bonds is 9. The molecule has 1 amide bonds. The van der Waals surface area contributed by atoms with Gasteiger partial charge in [0.15, 0.2) is 0 Å². The predicted octanol–water partition coefficient (Wildman–Crippen LogP) is -0.0410. The lowest BCUT2D eigenvalue weighted by Crippen LogP contribution is -2.47. The molecule has 2 atom stereocenters. The van der Waals surface area contributed by atoms with Crippen molar-refractivity contribution in [1.82, 2.24) is 10.0 Å². The van der Waals surface area contributed by atoms with Crippen LogP contribution in [0.5, 0.6) is 0 Å². The van der Waals surface area contributed by atoms with Gasteiger partial charge in [-0.1, -0.05) is 18.2 Å². The highest BCUT2D eigenvalue weighted by atomic mass is 32.2. The Balaban J connectivity index is 2.76. The molecule has 10 heteroatoms. The molecule has 0 fully saturated rings. The summed E-state index contributed by atoms with van der Waals surface area (Å²) in [7, 11) is -7.05. The molecule has 1 aromatic rings. The number of carbonyl (C=O) groups excluding carboxylic acids is 1. The minimum Gasteiger partial charge on any atom is -0.354 e. The van der Waals surface area contributed by atoms with Crippen LogP contribution in [-0.2, 0) is 24.6 Å². The van der Waals surface area contributed by atoms with Gasteiger partial charge in [0.25, 0.3) is 10.1 Å². The highest BCUT2D eigenvalue weighted by Crippen LogP contribution is 2.09. The molecule has 23 heavy (non-hydrogen) atoms. The minimum atomic E-state index is -4.15. The molecule has 0 heterocycles. The summed E-state index contributed by atoms with van der Waals surface area (Å²) in [6.07, 6.45) is 0.278. The average molecular weight is 381 g/mol. The molecule has 1 aromatic carbocycles. The number of nitrogens with one attached hydrogen (secondary N) is 2. The van der Waals surface area contributed by atoms with Crippen LogP contribution < -0.4 is 10.0 Å². The van der Waals surface area contributed by atoms with Crippen molar-refractivity contribution in [2.24, 2.45) is 0 Å². The minimum absolute atomic E-state index is 0.244. The van der Waals surface area contributed by atoms with Crippen LogP contribution in [0, 0.1) is 0 Å². The fourth-order valence-electron chi connectivity index (χ4n) is 1.74. The van der Waals surface area contributed by atoms with E-state index in [0.29, 0.717) is 10.6 Å². The smallest absolute Gasteiger partial charge is 0.266 e. The van der Waals surface area contributed by atoms with E-state index in [9.17, 15) is 17.4 Å². The number of amides is 1. The molecular weight excluding hydrogens is 360 g/mol. The van der Waals surface area contributed by atoms with E-state index in [1.54, 1.807) is 30.3 Å². The Hall–Kier alpha value is -1.07. The van der Waals surface area contributed by atoms with E-state index in [2.05, 4.69) is 28.5 Å². The Labute approximate surface area is 142 Å². The molecular formula is C13H20N2O5S3. The summed E-state index contributed by atoms with van der Waals surface area (Å²) >= 11 is 4.06. The van der Waals surface area contributed by atoms with Crippen molar-refractivity contribution in [3.63, 3.8) is 0 Å². The third-order valence-electron chi connectivity index (χ3n) is 2.85. The van der Waals surface area contributed by atoms with Gasteiger partial charge < -0.3 is 5.32 Å². The third kappa shape index (κ3) is 7.36. The summed E-state index contributed by atoms with van der Waals surface area (Å²) < 4.78 is 45.3. The molecule has 2 unspecified atom stereocenters. The van der Waals surface area contributed by atoms with E-state index < -0.39 is 37.5 Å². The number of hydrogen-bond acceptors (Lipinski definition) is 5. The lowest BCUT2D eigenvalue weighted by Gasteiger charge is -2.20. The van der Waals surface area contributed by atoms with Crippen LogP contribution in [0.3, 0.4) is 0 Å². The van der Waals surface area contributed by atoms with Crippen molar-refractivity contribution in [1.29, 1.82) is 0 Å². The zero-order valence-corrected chi connectivity index (χ0v) is 14.9. The van der Waals surface area contributed by atoms with Crippen LogP contribution in [0.1, 0.15) is 6.42 Å². The Morgan fingerprint density at radius 1 is 1.26 bits per heavy atom. The maximum atomic E-state index is 12.6. The lowest BCUT2D eigenvalue weighted by atomic mass is 10.2. The summed E-state index contributed by atoms with van der Waals surface area (Å²) in [6.45, 7) is -0.244. The molecule has 0 aromatic heterocycles. The summed E-state index contributed by atoms with van der Waals surface area (Å²) in [5.41, 5.74) is 0. The van der Waals surface area contributed by atoms with Gasteiger partial charge in [0.1, 0.15) is 0 Å². The first-order valence-corrected chi connectivity index (χ1v) is 10.7. The average Bonchev–Trinajstić information content (AvgIpc) is 2.46. The lowest BCUT2D eigenvalue weighted by molar-refractivity contribution is -0.122. The molecule has 7 nitrogen and oxygen atoms in total. The molecule has 0 saturated carbocycles. The Kier molecular flexibility index (Phi) is 7.55. The third-order valence-corrected chi connectivity index (χ3v) is 5.53. The molecule has 0 saturated heterocycles. The number of thiol groups is 1. The van der Waals surface area contributed by atoms with Crippen molar-refractivity contribution < 1.29 is 22.0 Å². The van der Waals surface area contributed by atoms with Crippen LogP contribution >= 0.6 is 12.6 Å². The van der Waals surface area contributed by atoms with Gasteiger partial charge in [0.05, 0.1) is 21.5 Å². The van der Waals surface area contributed by atoms with Crippen LogP contribution in [0.25, 0.3) is 0 Å². The highest BCUT2D eigenvalue weighted by Gasteiger charge is 2.22. The first-order chi connectivity index (χ1) is 10.7. The van der Waals surface area contributed by atoms with Gasteiger partial charge >= 0.3 is 0 Å². The fraction of sp³-hybridized carbons (Fsp3) is 0.385. The Morgan fingerprint density at radius 2 is 1.87 bits per heavy atom. The molecule has 0 spiro atoms. The topological polar surface area (TPSA) is 113 Å². The van der Waals surface area contributed by atoms with Crippen molar-refractivity contribution in [2.45, 2.75) is 17.4 Å². The second kappa shape index (κ2) is 8.69. The molecule has 0 bridgehead atoms. The van der Waals surface area contributed by atoms with Gasteiger partial charge in [-0.25, -0.2) is 8.93 Å². The summed E-state index contributed by atoms with van der Waals surface area (Å²) in [5, 5.41) is 2.37. The standard InChI is InChI=1S/C13H20N2O5S3/c1-22(17,11-5-3-2-4-6-11)15-12(7-9-21)13(16)14-8-10-23(18,19)20/h2-6,12,21H,1,7-10H2,(H,14,16)(H,15,17)(H,18,19,20). The molecule has 0 aliphatic carbocycles. The van der Waals surface area contributed by atoms with Crippen LogP contribution in [-0.4, -0.2) is 53.0 Å². The summed E-state index contributed by atoms with van der Waals surface area (Å²) in [5.74, 6) is 2.87. The van der Waals surface area contributed by atoms with Crippen LogP contribution in [0.4, 0.5) is 0 Å². The number of carbonyl (C=O) groups is 1. The maximum absolute atomic E-state index is 12.6. The molecule has 3 N–H and O–H groups in total. The van der Waals surface area contributed by atoms with E-state index >= 15 is 0 Å². The van der Waals surface area contributed by atoms with Crippen LogP contribution in [0.2, 0.25) is 0 Å². The largest absolute Gasteiger partial charge is 0.354 e. The van der Waals surface area contributed by atoms with Crippen molar-refractivity contribution in [3.8, 4) is 0 Å². The van der Waals surface area contributed by atoms with E-state index in [1.807, 2.05) is 0 Å². The van der Waals surface area contributed by atoms with Crippen molar-refractivity contribution >= 4 is 44.2 Å². The van der Waals surface area contributed by atoms with E-state index in [0.717, 1.165) is 0 Å². The number of benzene rings is 1. The molecule has 0 aliphatic rings. The Morgan fingerprint density at radius 3 is 2.39 bits per heavy atom. The molecule has 0 radical (unpaired) electrons. The zero-order valence-electron chi connectivity index (χ0n) is 12.3. The van der Waals surface area contributed by atoms with Crippen molar-refractivity contribution in [2.75, 3.05) is 18.1 Å². The summed E-state index contributed by atoms with van der Waals surface area (Å²) in [6, 6.07) is 7.61. The van der Waals surface area contributed by atoms with Gasteiger partial charge in [-0.3, -0.25) is 9.35 Å². The van der Waals surface area contributed by atoms with E-state index in [1.165, 1.54) is 0 Å². The SMILES string of the molecule is C=S(=O)(NC(CCS)C(=O)NCCS(=O)(=O)O)c1ccccc1. The van der Waals surface area contributed by atoms with Crippen molar-refractivity contribution in [3.05, 3.63) is 30.3 Å². The van der Waals surface area contributed by atoms with Gasteiger partial charge in [-0.2, -0.15) is 21.0 Å². The first kappa shape index (κ1) is 20.0. The quantitative estimate of drug-likeness (QED) is 0.273. The molecule has 1 rings (SSSR count). The summed E-state index contributed by atoms with van der Waals surface area (Å²) in [4.78, 5) is 12.5.